The average molecular weight is 310 g/mol. The number of H-pyrrole nitrogens is 1. The van der Waals surface area contributed by atoms with Gasteiger partial charge in [-0.2, -0.15) is 4.31 Å². The zero-order valence-electron chi connectivity index (χ0n) is 10.8. The number of nitrogens with one attached hydrogen (secondary N) is 1. The molecule has 0 aliphatic rings. The highest BCUT2D eigenvalue weighted by atomic mass is 32.2. The Labute approximate surface area is 121 Å². The third-order valence-electron chi connectivity index (χ3n) is 2.53. The molecule has 0 spiro atoms. The first kappa shape index (κ1) is 14.7. The third kappa shape index (κ3) is 3.26. The Morgan fingerprint density at radius 1 is 1.55 bits per heavy atom. The first-order valence-corrected chi connectivity index (χ1v) is 8.07. The molecule has 6 nitrogen and oxygen atoms in total. The van der Waals surface area contributed by atoms with Crippen molar-refractivity contribution in [2.45, 2.75) is 11.6 Å². The molecule has 8 heteroatoms. The van der Waals surface area contributed by atoms with Gasteiger partial charge in [-0.15, -0.1) is 11.3 Å². The minimum Gasteiger partial charge on any atom is -0.335 e. The minimum atomic E-state index is -3.54. The molecule has 2 heterocycles. The van der Waals surface area contributed by atoms with Crippen LogP contribution in [0.3, 0.4) is 0 Å². The molecule has 0 aliphatic heterocycles. The van der Waals surface area contributed by atoms with Crippen LogP contribution >= 0.6 is 11.3 Å². The van der Waals surface area contributed by atoms with Gasteiger partial charge in [-0.3, -0.25) is 0 Å². The van der Waals surface area contributed by atoms with Crippen LogP contribution < -0.4 is 5.73 Å². The molecule has 2 aromatic heterocycles. The number of nitrogens with two attached hydrogens (primary N) is 1. The normalized spacial score (nSPS) is 11.3. The Morgan fingerprint density at radius 2 is 2.35 bits per heavy atom. The van der Waals surface area contributed by atoms with Crippen molar-refractivity contribution in [3.05, 3.63) is 34.4 Å². The lowest BCUT2D eigenvalue weighted by Gasteiger charge is -2.14. The molecule has 2 aromatic rings. The Hall–Kier alpha value is -1.66. The van der Waals surface area contributed by atoms with Gasteiger partial charge in [0.2, 0.25) is 0 Å². The first-order valence-electron chi connectivity index (χ1n) is 5.75. The molecule has 0 saturated carbocycles. The van der Waals surface area contributed by atoms with Crippen LogP contribution in [0.15, 0.2) is 29.0 Å². The molecule has 0 aliphatic carbocycles. The molecular formula is C12H14N4O2S2. The maximum Gasteiger partial charge on any atom is 0.260 e. The van der Waals surface area contributed by atoms with Gasteiger partial charge in [0.15, 0.2) is 5.03 Å². The van der Waals surface area contributed by atoms with Gasteiger partial charge >= 0.3 is 0 Å². The number of hydrogen-bond acceptors (Lipinski definition) is 5. The SMILES string of the molecule is CN(Cc1csc(C#CCN)c1)S(=O)(=O)c1cnc[nH]1. The lowest BCUT2D eigenvalue weighted by molar-refractivity contribution is 0.465. The standard InChI is InChI=1S/C12H14N4O2S2/c1-16(20(17,18)12-6-14-9-15-12)7-10-5-11(19-8-10)3-2-4-13/h5-6,8-9H,4,7,13H2,1H3,(H,14,15). The summed E-state index contributed by atoms with van der Waals surface area (Å²) in [5.41, 5.74) is 6.20. The van der Waals surface area contributed by atoms with E-state index < -0.39 is 10.0 Å². The van der Waals surface area contributed by atoms with Crippen LogP contribution in [-0.2, 0) is 16.6 Å². The summed E-state index contributed by atoms with van der Waals surface area (Å²) in [7, 11) is -2.01. The van der Waals surface area contributed by atoms with E-state index in [2.05, 4.69) is 21.8 Å². The van der Waals surface area contributed by atoms with E-state index in [4.69, 9.17) is 5.73 Å². The van der Waals surface area contributed by atoms with Gasteiger partial charge in [0.05, 0.1) is 23.9 Å². The van der Waals surface area contributed by atoms with Crippen molar-refractivity contribution >= 4 is 21.4 Å². The van der Waals surface area contributed by atoms with Crippen LogP contribution in [-0.4, -0.2) is 36.3 Å². The fraction of sp³-hybridized carbons (Fsp3) is 0.250. The van der Waals surface area contributed by atoms with E-state index in [9.17, 15) is 8.42 Å². The predicted octanol–water partition coefficient (Wildman–Crippen LogP) is 0.602. The Kier molecular flexibility index (Phi) is 4.57. The largest absolute Gasteiger partial charge is 0.335 e. The molecule has 106 valence electrons. The number of sulfonamides is 1. The summed E-state index contributed by atoms with van der Waals surface area (Å²) in [6, 6.07) is 1.87. The first-order chi connectivity index (χ1) is 9.54. The average Bonchev–Trinajstić information content (AvgIpc) is 3.07. The fourth-order valence-corrected chi connectivity index (χ4v) is 3.38. The molecular weight excluding hydrogens is 296 g/mol. The second-order valence-electron chi connectivity index (χ2n) is 4.00. The van der Waals surface area contributed by atoms with Crippen LogP contribution in [0.25, 0.3) is 0 Å². The van der Waals surface area contributed by atoms with Crippen molar-refractivity contribution in [1.82, 2.24) is 14.3 Å². The Morgan fingerprint density at radius 3 is 3.00 bits per heavy atom. The highest BCUT2D eigenvalue weighted by molar-refractivity contribution is 7.89. The molecule has 0 bridgehead atoms. The van der Waals surface area contributed by atoms with E-state index in [1.165, 1.54) is 35.2 Å². The van der Waals surface area contributed by atoms with Gasteiger partial charge < -0.3 is 10.7 Å². The van der Waals surface area contributed by atoms with Crippen LogP contribution in [0.2, 0.25) is 0 Å². The molecule has 0 aromatic carbocycles. The van der Waals surface area contributed by atoms with Gasteiger partial charge in [-0.1, -0.05) is 11.8 Å². The van der Waals surface area contributed by atoms with Gasteiger partial charge in [-0.25, -0.2) is 13.4 Å². The van der Waals surface area contributed by atoms with E-state index in [-0.39, 0.29) is 11.6 Å². The van der Waals surface area contributed by atoms with E-state index in [1.54, 1.807) is 0 Å². The topological polar surface area (TPSA) is 92.1 Å². The van der Waals surface area contributed by atoms with E-state index in [0.717, 1.165) is 10.4 Å². The quantitative estimate of drug-likeness (QED) is 0.809. The summed E-state index contributed by atoms with van der Waals surface area (Å²) in [6.07, 6.45) is 2.63. The zero-order chi connectivity index (χ0) is 14.6. The molecule has 2 rings (SSSR count). The minimum absolute atomic E-state index is 0.0818. The molecule has 0 unspecified atom stereocenters. The van der Waals surface area contributed by atoms with Crippen molar-refractivity contribution in [3.8, 4) is 11.8 Å². The monoisotopic (exact) mass is 310 g/mol. The van der Waals surface area contributed by atoms with Crippen LogP contribution in [0, 0.1) is 11.8 Å². The summed E-state index contributed by atoms with van der Waals surface area (Å²) < 4.78 is 25.6. The van der Waals surface area contributed by atoms with E-state index in [0.29, 0.717) is 6.54 Å². The van der Waals surface area contributed by atoms with Crippen LogP contribution in [0.5, 0.6) is 0 Å². The third-order valence-corrected chi connectivity index (χ3v) is 5.16. The van der Waals surface area contributed by atoms with E-state index >= 15 is 0 Å². The highest BCUT2D eigenvalue weighted by Gasteiger charge is 2.22. The molecule has 0 amide bonds. The lowest BCUT2D eigenvalue weighted by atomic mass is 10.3. The van der Waals surface area contributed by atoms with Gasteiger partial charge in [0.25, 0.3) is 10.0 Å². The van der Waals surface area contributed by atoms with Crippen LogP contribution in [0.4, 0.5) is 0 Å². The molecule has 0 fully saturated rings. The maximum atomic E-state index is 12.2. The fourth-order valence-electron chi connectivity index (χ4n) is 1.56. The summed E-state index contributed by atoms with van der Waals surface area (Å²) in [5, 5.41) is 1.97. The molecule has 3 N–H and O–H groups in total. The molecule has 0 saturated heterocycles. The summed E-state index contributed by atoms with van der Waals surface area (Å²) >= 11 is 1.47. The number of hydrogen-bond donors (Lipinski definition) is 2. The van der Waals surface area contributed by atoms with Crippen molar-refractivity contribution in [1.29, 1.82) is 0 Å². The second-order valence-corrected chi connectivity index (χ2v) is 6.93. The predicted molar refractivity (Wildman–Crippen MR) is 77.5 cm³/mol. The van der Waals surface area contributed by atoms with Crippen molar-refractivity contribution in [3.63, 3.8) is 0 Å². The lowest BCUT2D eigenvalue weighted by Crippen LogP contribution is -2.26. The molecule has 20 heavy (non-hydrogen) atoms. The number of aromatic amines is 1. The van der Waals surface area contributed by atoms with Gasteiger partial charge in [0, 0.05) is 13.6 Å². The molecule has 0 atom stereocenters. The highest BCUT2D eigenvalue weighted by Crippen LogP contribution is 2.18. The second kappa shape index (κ2) is 6.19. The Balaban J connectivity index is 2.12. The summed E-state index contributed by atoms with van der Waals surface area (Å²) in [4.78, 5) is 7.20. The number of imidazole rings is 1. The maximum absolute atomic E-state index is 12.2. The van der Waals surface area contributed by atoms with Gasteiger partial charge in [-0.05, 0) is 17.0 Å². The smallest absolute Gasteiger partial charge is 0.260 e. The number of nitrogens with zero attached hydrogens (tertiary/aromatic N) is 2. The number of aromatic nitrogens is 2. The molecule has 0 radical (unpaired) electrons. The van der Waals surface area contributed by atoms with Crippen molar-refractivity contribution < 1.29 is 8.42 Å². The van der Waals surface area contributed by atoms with Crippen molar-refractivity contribution in [2.24, 2.45) is 5.73 Å². The van der Waals surface area contributed by atoms with Crippen molar-refractivity contribution in [2.75, 3.05) is 13.6 Å². The zero-order valence-corrected chi connectivity index (χ0v) is 12.5. The summed E-state index contributed by atoms with van der Waals surface area (Å²) in [5.74, 6) is 5.69. The van der Waals surface area contributed by atoms with Crippen LogP contribution in [0.1, 0.15) is 10.4 Å². The van der Waals surface area contributed by atoms with E-state index in [1.807, 2.05) is 11.4 Å². The number of rotatable bonds is 4. The Bertz CT molecular complexity index is 723. The summed E-state index contributed by atoms with van der Waals surface area (Å²) in [6.45, 7) is 0.587. The number of thiophene rings is 1. The van der Waals surface area contributed by atoms with Gasteiger partial charge in [0.1, 0.15) is 0 Å².